The number of nitrogens with zero attached hydrogens (tertiary/aromatic N) is 1. The maximum absolute atomic E-state index is 7.91. The second-order valence-corrected chi connectivity index (χ2v) is 22.5. The van der Waals surface area contributed by atoms with Gasteiger partial charge in [0.25, 0.3) is 0 Å². The van der Waals surface area contributed by atoms with Crippen molar-refractivity contribution in [3.8, 4) is 39.1 Å². The maximum atomic E-state index is 7.91. The van der Waals surface area contributed by atoms with Crippen LogP contribution in [-0.2, 0) is 0 Å². The fourth-order valence-electron chi connectivity index (χ4n) is 13.9. The third-order valence-electron chi connectivity index (χ3n) is 18.4. The van der Waals surface area contributed by atoms with E-state index in [1.54, 1.807) is 0 Å². The minimum atomic E-state index is -0.376. The maximum Gasteiger partial charge on any atom is 0.115 e. The Hall–Kier alpha value is -5.34. The summed E-state index contributed by atoms with van der Waals surface area (Å²) < 4.78 is 1.38. The Morgan fingerprint density at radius 1 is 0.111 bits per heavy atom. The monoisotopic (exact) mass is 1050 g/mol. The van der Waals surface area contributed by atoms with Crippen LogP contribution in [0, 0.1) is 0 Å². The molecular formula is C56B33N. The second-order valence-electron chi connectivity index (χ2n) is 22.5. The van der Waals surface area contributed by atoms with Gasteiger partial charge < -0.3 is 4.57 Å². The molecule has 13 aromatic rings. The smallest absolute Gasteiger partial charge is 0.115 e. The van der Waals surface area contributed by atoms with E-state index in [0.29, 0.717) is 0 Å². The highest BCUT2D eigenvalue weighted by Gasteiger charge is 2.34. The van der Waals surface area contributed by atoms with Crippen molar-refractivity contribution in [2.75, 3.05) is 0 Å². The Balaban J connectivity index is 1.33. The molecule has 0 spiro atoms. The van der Waals surface area contributed by atoms with E-state index in [1.807, 2.05) is 0 Å². The number of fused-ring (bicyclic) bond motifs is 3. The molecule has 0 fully saturated rings. The predicted molar refractivity (Wildman–Crippen MR) is 422 cm³/mol. The van der Waals surface area contributed by atoms with Crippen molar-refractivity contribution in [1.82, 2.24) is 4.57 Å². The molecule has 13 rings (SSSR count). The van der Waals surface area contributed by atoms with Crippen molar-refractivity contribution in [3.63, 3.8) is 0 Å². The molecule has 0 aliphatic rings. The summed E-state index contributed by atoms with van der Waals surface area (Å²) in [5.41, 5.74) is -6.92. The molecule has 1 aromatic heterocycles. The van der Waals surface area contributed by atoms with Crippen LogP contribution in [0.4, 0.5) is 0 Å². The Morgan fingerprint density at radius 2 is 0.300 bits per heavy atom. The van der Waals surface area contributed by atoms with Crippen LogP contribution in [0.3, 0.4) is 0 Å². The zero-order valence-electron chi connectivity index (χ0n) is 47.5. The Labute approximate surface area is 564 Å². The Bertz CT molecular complexity index is 5610. The van der Waals surface area contributed by atoms with E-state index in [9.17, 15) is 0 Å². The van der Waals surface area contributed by atoms with Gasteiger partial charge >= 0.3 is 0 Å². The van der Waals surface area contributed by atoms with Crippen LogP contribution in [0.5, 0.6) is 0 Å². The highest BCUT2D eigenvalue weighted by Crippen LogP contribution is 2.40. The van der Waals surface area contributed by atoms with Crippen molar-refractivity contribution in [2.24, 2.45) is 0 Å². The summed E-state index contributed by atoms with van der Waals surface area (Å²) >= 11 is 0. The minimum Gasteiger partial charge on any atom is -0.312 e. The zero-order chi connectivity index (χ0) is 65.9. The van der Waals surface area contributed by atoms with Gasteiger partial charge in [-0.25, -0.2) is 0 Å². The lowest BCUT2D eigenvalue weighted by atomic mass is 9.55. The van der Waals surface area contributed by atoms with E-state index < -0.39 is 0 Å². The molecule has 0 bridgehead atoms. The molecule has 0 aliphatic heterocycles. The third kappa shape index (κ3) is 7.52. The molecule has 0 N–H and O–H groups in total. The van der Waals surface area contributed by atoms with Gasteiger partial charge in [-0.2, -0.15) is 0 Å². The van der Waals surface area contributed by atoms with Crippen molar-refractivity contribution >= 4 is 526 Å². The number of benzene rings is 12. The molecular weight excluding hydrogens is 1040 g/mol. The highest BCUT2D eigenvalue weighted by atomic mass is 15.0. The SMILES string of the molecule is [B]c1c([B])c([B])c(-n2c3c([B])c([B])c([B])c([B])c3c3c([B])c(-c4c([B])c([B])c(-c5c([B])c([B])c6c([B])c([B])c7c([B])c([B])c([B])c8c([B])c([B])c5c6c78)c([B])c4-c4c([B])c([B])c5c([B])c([B])c6c([B])c([B])c([B])c7c([B])c([B])c4c5c67)c([B])c([B])c32)c([B])c1[B]. The number of hydrogen-bond acceptors (Lipinski definition) is 0. The van der Waals surface area contributed by atoms with E-state index in [4.69, 9.17) is 259 Å². The van der Waals surface area contributed by atoms with E-state index in [0.717, 1.165) is 0 Å². The Morgan fingerprint density at radius 3 is 0.678 bits per heavy atom. The molecule has 328 valence electrons. The van der Waals surface area contributed by atoms with Gasteiger partial charge in [-0.1, -0.05) is 142 Å². The van der Waals surface area contributed by atoms with E-state index in [-0.39, 0.29) is 306 Å². The van der Waals surface area contributed by atoms with Crippen molar-refractivity contribution in [2.45, 2.75) is 0 Å². The van der Waals surface area contributed by atoms with Crippen molar-refractivity contribution in [3.05, 3.63) is 0 Å². The van der Waals surface area contributed by atoms with Crippen molar-refractivity contribution < 1.29 is 0 Å². The number of hydrogen-bond donors (Lipinski definition) is 0. The summed E-state index contributed by atoms with van der Waals surface area (Å²) in [6.45, 7) is 0. The lowest BCUT2D eigenvalue weighted by molar-refractivity contribution is 1.22. The Kier molecular flexibility index (Phi) is 14.7. The number of aromatic nitrogens is 1. The van der Waals surface area contributed by atoms with Gasteiger partial charge in [0.15, 0.2) is 0 Å². The molecule has 1 heterocycles. The van der Waals surface area contributed by atoms with Gasteiger partial charge in [-0.05, 0) is 103 Å². The summed E-state index contributed by atoms with van der Waals surface area (Å²) in [7, 11) is 231. The second kappa shape index (κ2) is 20.8. The molecule has 0 aliphatic carbocycles. The first-order chi connectivity index (χ1) is 42.1. The fraction of sp³-hybridized carbons (Fsp3) is 0. The minimum absolute atomic E-state index is 0.00370. The summed E-state index contributed by atoms with van der Waals surface area (Å²) in [4.78, 5) is 0. The first kappa shape index (κ1) is 63.4. The van der Waals surface area contributed by atoms with Gasteiger partial charge in [0.1, 0.15) is 259 Å². The average Bonchev–Trinajstić information content (AvgIpc) is 0.792. The largest absolute Gasteiger partial charge is 0.312 e. The molecule has 0 unspecified atom stereocenters. The summed E-state index contributed by atoms with van der Waals surface area (Å²) in [6.07, 6.45) is 0. The summed E-state index contributed by atoms with van der Waals surface area (Å²) in [5.74, 6) is 0. The zero-order valence-corrected chi connectivity index (χ0v) is 47.5. The standard InChI is InChI=1S/C56B33N/c57-21-7(8-5-1-3-13(30(66)23(5)59)37(73)43(79)39(75)15(3)34(70)32(68)11(1)28(64)25(8)61)10(18-22(58)19-20-42(78)45(81)47(83)51(87)55(20)90(54(19)50(86)41(18)77)56-52(88)48(84)46(82)49(85)53(56)89)27(63)36(72)17(21)9-6-2-4-14(31(67)24(6)60)38(74)44(80)40(76)16(4)35(71)33(69)12(2)29(65)26(9)62. The van der Waals surface area contributed by atoms with Crippen LogP contribution in [-0.4, -0.2) is 263 Å². The molecule has 0 amide bonds. The third-order valence-corrected chi connectivity index (χ3v) is 18.4. The summed E-state index contributed by atoms with van der Waals surface area (Å²) in [6, 6.07) is 0. The van der Waals surface area contributed by atoms with Gasteiger partial charge in [-0.15, -0.1) is 38.2 Å². The predicted octanol–water partition coefficient (Wildman–Crippen LogP) is -24.2. The normalized spacial score (nSPS) is 12.1. The first-order valence-electron chi connectivity index (χ1n) is 26.7. The lowest BCUT2D eigenvalue weighted by Gasteiger charge is -2.34. The molecule has 90 heavy (non-hydrogen) atoms. The van der Waals surface area contributed by atoms with Gasteiger partial charge in [0.2, 0.25) is 0 Å². The van der Waals surface area contributed by atoms with Crippen LogP contribution in [0.2, 0.25) is 0 Å². The highest BCUT2D eigenvalue weighted by molar-refractivity contribution is 6.80. The average molecular weight is 1040 g/mol. The first-order valence-corrected chi connectivity index (χ1v) is 26.7. The molecule has 34 heteroatoms. The topological polar surface area (TPSA) is 4.93 Å². The van der Waals surface area contributed by atoms with Crippen LogP contribution in [0.1, 0.15) is 0 Å². The van der Waals surface area contributed by atoms with Crippen molar-refractivity contribution in [1.29, 1.82) is 0 Å². The van der Waals surface area contributed by atoms with Crippen LogP contribution >= 0.6 is 0 Å². The molecule has 12 aromatic carbocycles. The molecule has 0 saturated heterocycles. The van der Waals surface area contributed by atoms with Crippen LogP contribution < -0.4 is 180 Å². The number of rotatable bonds is 4. The van der Waals surface area contributed by atoms with Gasteiger partial charge in [-0.3, -0.25) is 0 Å². The van der Waals surface area contributed by atoms with Crippen LogP contribution in [0.15, 0.2) is 0 Å². The molecule has 0 atom stereocenters. The molecule has 0 saturated carbocycles. The lowest BCUT2D eigenvalue weighted by Crippen LogP contribution is -2.56. The van der Waals surface area contributed by atoms with Gasteiger partial charge in [0.05, 0.1) is 0 Å². The molecule has 1 nitrogen and oxygen atoms in total. The van der Waals surface area contributed by atoms with E-state index in [1.165, 1.54) is 4.57 Å². The van der Waals surface area contributed by atoms with Gasteiger partial charge in [0, 0.05) is 22.1 Å². The fourth-order valence-corrected chi connectivity index (χ4v) is 13.9. The summed E-state index contributed by atoms with van der Waals surface area (Å²) in [5, 5.41) is 1.55. The molecule has 66 radical (unpaired) electrons. The van der Waals surface area contributed by atoms with E-state index >= 15 is 0 Å². The van der Waals surface area contributed by atoms with E-state index in [2.05, 4.69) is 0 Å². The van der Waals surface area contributed by atoms with Crippen LogP contribution in [0.25, 0.3) is 126 Å². The quantitative estimate of drug-likeness (QED) is 0.122.